The highest BCUT2D eigenvalue weighted by molar-refractivity contribution is 6.02. The molecule has 0 saturated carbocycles. The molecule has 0 aliphatic carbocycles. The number of hydrogen-bond donors (Lipinski definition) is 2. The highest BCUT2D eigenvalue weighted by Gasteiger charge is 2.26. The number of hydrogen-bond acceptors (Lipinski definition) is 6. The van der Waals surface area contributed by atoms with Crippen LogP contribution in [0.5, 0.6) is 11.5 Å². The zero-order chi connectivity index (χ0) is 20.5. The van der Waals surface area contributed by atoms with E-state index in [9.17, 15) is 9.59 Å². The van der Waals surface area contributed by atoms with Gasteiger partial charge in [-0.1, -0.05) is 0 Å². The van der Waals surface area contributed by atoms with Crippen molar-refractivity contribution in [2.75, 3.05) is 40.4 Å². The van der Waals surface area contributed by atoms with Crippen LogP contribution in [-0.4, -0.2) is 66.0 Å². The number of ether oxygens (including phenoxy) is 2. The summed E-state index contributed by atoms with van der Waals surface area (Å²) in [5.41, 5.74) is 2.20. The van der Waals surface area contributed by atoms with Gasteiger partial charge in [-0.05, 0) is 17.7 Å². The SMILES string of the molecule is COc1cc(-c2cn(C)c(=O)c3[nH]ncc23)cc(OC)c1C(=O)N1CCNCC1. The van der Waals surface area contributed by atoms with Crippen molar-refractivity contribution in [3.05, 3.63) is 40.4 Å². The average molecular weight is 397 g/mol. The monoisotopic (exact) mass is 397 g/mol. The smallest absolute Gasteiger partial charge is 0.276 e. The molecule has 0 atom stereocenters. The Labute approximate surface area is 167 Å². The lowest BCUT2D eigenvalue weighted by molar-refractivity contribution is 0.0729. The van der Waals surface area contributed by atoms with E-state index in [1.54, 1.807) is 36.5 Å². The highest BCUT2D eigenvalue weighted by atomic mass is 16.5. The van der Waals surface area contributed by atoms with Gasteiger partial charge < -0.3 is 24.3 Å². The zero-order valence-corrected chi connectivity index (χ0v) is 16.6. The van der Waals surface area contributed by atoms with Crippen LogP contribution in [0.25, 0.3) is 22.0 Å². The van der Waals surface area contributed by atoms with Crippen molar-refractivity contribution in [1.29, 1.82) is 0 Å². The number of carbonyl (C=O) groups is 1. The van der Waals surface area contributed by atoms with Gasteiger partial charge in [0.2, 0.25) is 0 Å². The predicted molar refractivity (Wildman–Crippen MR) is 109 cm³/mol. The lowest BCUT2D eigenvalue weighted by Gasteiger charge is -2.28. The third-order valence-electron chi connectivity index (χ3n) is 5.22. The third-order valence-corrected chi connectivity index (χ3v) is 5.22. The standard InChI is InChI=1S/C20H23N5O4/c1-24-11-14(13-10-22-23-18(13)20(24)27)12-8-15(28-2)17(16(9-12)29-3)19(26)25-6-4-21-5-7-25/h8-11,21H,4-7H2,1-3H3,(H,22,23). The van der Waals surface area contributed by atoms with E-state index in [0.29, 0.717) is 41.1 Å². The molecular weight excluding hydrogens is 374 g/mol. The van der Waals surface area contributed by atoms with Crippen molar-refractivity contribution in [2.45, 2.75) is 0 Å². The van der Waals surface area contributed by atoms with Gasteiger partial charge in [0, 0.05) is 50.4 Å². The van der Waals surface area contributed by atoms with Crippen LogP contribution in [0.2, 0.25) is 0 Å². The van der Waals surface area contributed by atoms with Crippen LogP contribution in [0.15, 0.2) is 29.3 Å². The first kappa shape index (κ1) is 19.0. The quantitative estimate of drug-likeness (QED) is 0.681. The Balaban J connectivity index is 1.88. The van der Waals surface area contributed by atoms with Crippen molar-refractivity contribution in [3.63, 3.8) is 0 Å². The van der Waals surface area contributed by atoms with Crippen LogP contribution in [0.1, 0.15) is 10.4 Å². The summed E-state index contributed by atoms with van der Waals surface area (Å²) in [7, 11) is 4.74. The number of H-pyrrole nitrogens is 1. The molecule has 1 fully saturated rings. The van der Waals surface area contributed by atoms with Gasteiger partial charge in [-0.25, -0.2) is 0 Å². The molecule has 9 nitrogen and oxygen atoms in total. The van der Waals surface area contributed by atoms with E-state index in [-0.39, 0.29) is 11.5 Å². The van der Waals surface area contributed by atoms with Gasteiger partial charge in [-0.3, -0.25) is 14.7 Å². The molecule has 3 aromatic rings. The first-order chi connectivity index (χ1) is 14.0. The van der Waals surface area contributed by atoms with Crippen LogP contribution in [0.4, 0.5) is 0 Å². The molecular formula is C20H23N5O4. The van der Waals surface area contributed by atoms with Crippen molar-refractivity contribution < 1.29 is 14.3 Å². The van der Waals surface area contributed by atoms with E-state index < -0.39 is 0 Å². The van der Waals surface area contributed by atoms with Gasteiger partial charge in [0.1, 0.15) is 22.6 Å². The average Bonchev–Trinajstić information content (AvgIpc) is 3.25. The van der Waals surface area contributed by atoms with Gasteiger partial charge in [0.05, 0.1) is 20.4 Å². The molecule has 1 aliphatic rings. The predicted octanol–water partition coefficient (Wildman–Crippen LogP) is 0.991. The number of aromatic amines is 1. The second kappa shape index (κ2) is 7.59. The largest absolute Gasteiger partial charge is 0.496 e. The van der Waals surface area contributed by atoms with Crippen molar-refractivity contribution in [2.24, 2.45) is 7.05 Å². The number of piperazine rings is 1. The number of nitrogens with one attached hydrogen (secondary N) is 2. The van der Waals surface area contributed by atoms with Gasteiger partial charge in [0.15, 0.2) is 0 Å². The Morgan fingerprint density at radius 1 is 1.14 bits per heavy atom. The van der Waals surface area contributed by atoms with E-state index in [1.165, 1.54) is 18.8 Å². The fraction of sp³-hybridized carbons (Fsp3) is 0.350. The fourth-order valence-corrected chi connectivity index (χ4v) is 3.69. The van der Waals surface area contributed by atoms with Crippen LogP contribution >= 0.6 is 0 Å². The number of amides is 1. The third kappa shape index (κ3) is 3.23. The molecule has 0 bridgehead atoms. The molecule has 1 saturated heterocycles. The molecule has 0 spiro atoms. The Morgan fingerprint density at radius 2 is 1.79 bits per heavy atom. The summed E-state index contributed by atoms with van der Waals surface area (Å²) in [4.78, 5) is 27.3. The molecule has 9 heteroatoms. The van der Waals surface area contributed by atoms with Gasteiger partial charge in [0.25, 0.3) is 11.5 Å². The van der Waals surface area contributed by atoms with Crippen LogP contribution in [-0.2, 0) is 7.05 Å². The lowest BCUT2D eigenvalue weighted by atomic mass is 10.00. The van der Waals surface area contributed by atoms with Crippen molar-refractivity contribution in [1.82, 2.24) is 25.0 Å². The minimum absolute atomic E-state index is 0.124. The first-order valence-corrected chi connectivity index (χ1v) is 9.34. The van der Waals surface area contributed by atoms with E-state index >= 15 is 0 Å². The number of fused-ring (bicyclic) bond motifs is 1. The molecule has 1 amide bonds. The van der Waals surface area contributed by atoms with E-state index in [0.717, 1.165) is 24.2 Å². The Kier molecular flexibility index (Phi) is 4.98. The molecule has 2 N–H and O–H groups in total. The summed E-state index contributed by atoms with van der Waals surface area (Å²) in [5.74, 6) is 0.724. The maximum atomic E-state index is 13.2. The number of rotatable bonds is 4. The fourth-order valence-electron chi connectivity index (χ4n) is 3.69. The summed E-state index contributed by atoms with van der Waals surface area (Å²) in [6.07, 6.45) is 3.36. The lowest BCUT2D eigenvalue weighted by Crippen LogP contribution is -2.46. The molecule has 1 aliphatic heterocycles. The first-order valence-electron chi connectivity index (χ1n) is 9.34. The number of benzene rings is 1. The summed E-state index contributed by atoms with van der Waals surface area (Å²) in [6, 6.07) is 3.59. The summed E-state index contributed by atoms with van der Waals surface area (Å²) < 4.78 is 12.6. The number of aromatic nitrogens is 3. The topological polar surface area (TPSA) is 101 Å². The molecule has 29 heavy (non-hydrogen) atoms. The van der Waals surface area contributed by atoms with Crippen LogP contribution in [0, 0.1) is 0 Å². The second-order valence-electron chi connectivity index (χ2n) is 6.92. The van der Waals surface area contributed by atoms with Crippen LogP contribution in [0.3, 0.4) is 0 Å². The zero-order valence-electron chi connectivity index (χ0n) is 16.6. The molecule has 1 aromatic carbocycles. The van der Waals surface area contributed by atoms with Gasteiger partial charge in [-0.2, -0.15) is 5.10 Å². The minimum Gasteiger partial charge on any atom is -0.496 e. The molecule has 4 rings (SSSR count). The summed E-state index contributed by atoms with van der Waals surface area (Å²) in [6.45, 7) is 2.77. The molecule has 152 valence electrons. The number of carbonyl (C=O) groups excluding carboxylic acids is 1. The molecule has 0 radical (unpaired) electrons. The molecule has 2 aromatic heterocycles. The number of methoxy groups -OCH3 is 2. The number of aryl methyl sites for hydroxylation is 1. The summed E-state index contributed by atoms with van der Waals surface area (Å²) >= 11 is 0. The number of nitrogens with zero attached hydrogens (tertiary/aromatic N) is 3. The molecule has 0 unspecified atom stereocenters. The second-order valence-corrected chi connectivity index (χ2v) is 6.92. The van der Waals surface area contributed by atoms with Gasteiger partial charge >= 0.3 is 0 Å². The van der Waals surface area contributed by atoms with Crippen molar-refractivity contribution in [3.8, 4) is 22.6 Å². The van der Waals surface area contributed by atoms with E-state index in [4.69, 9.17) is 9.47 Å². The van der Waals surface area contributed by atoms with Crippen molar-refractivity contribution >= 4 is 16.8 Å². The summed E-state index contributed by atoms with van der Waals surface area (Å²) in [5, 5.41) is 10.7. The maximum absolute atomic E-state index is 13.2. The van der Waals surface area contributed by atoms with Gasteiger partial charge in [-0.15, -0.1) is 0 Å². The van der Waals surface area contributed by atoms with Crippen LogP contribution < -0.4 is 20.3 Å². The van der Waals surface area contributed by atoms with E-state index in [2.05, 4.69) is 15.5 Å². The highest BCUT2D eigenvalue weighted by Crippen LogP contribution is 2.37. The minimum atomic E-state index is -0.161. The Morgan fingerprint density at radius 3 is 2.41 bits per heavy atom. The number of pyridine rings is 1. The van der Waals surface area contributed by atoms with E-state index in [1.807, 2.05) is 0 Å². The Bertz CT molecular complexity index is 1100. The Hall–Kier alpha value is -3.33. The molecule has 3 heterocycles. The maximum Gasteiger partial charge on any atom is 0.276 e. The normalized spacial score (nSPS) is 14.2.